The van der Waals surface area contributed by atoms with Gasteiger partial charge in [-0.1, -0.05) is 0 Å². The van der Waals surface area contributed by atoms with Gasteiger partial charge in [-0.2, -0.15) is 5.26 Å². The molecule has 2 rings (SSSR count). The van der Waals surface area contributed by atoms with Crippen LogP contribution in [0.4, 0.5) is 0 Å². The van der Waals surface area contributed by atoms with Crippen LogP contribution < -0.4 is 4.74 Å². The third-order valence-corrected chi connectivity index (χ3v) is 4.34. The molecule has 0 aliphatic carbocycles. The zero-order chi connectivity index (χ0) is 22.1. The molecule has 1 saturated heterocycles. The van der Waals surface area contributed by atoms with Crippen LogP contribution in [0.15, 0.2) is 18.2 Å². The van der Waals surface area contributed by atoms with Crippen molar-refractivity contribution in [1.29, 1.82) is 5.26 Å². The Morgan fingerprint density at radius 1 is 1.33 bits per heavy atom. The van der Waals surface area contributed by atoms with Gasteiger partial charge in [-0.15, -0.1) is 0 Å². The van der Waals surface area contributed by atoms with Crippen molar-refractivity contribution in [2.75, 3.05) is 33.7 Å². The largest absolute Gasteiger partial charge is 0.467 e. The van der Waals surface area contributed by atoms with Crippen LogP contribution in [0.25, 0.3) is 0 Å². The van der Waals surface area contributed by atoms with Crippen LogP contribution in [-0.4, -0.2) is 67.6 Å². The molecule has 0 unspecified atom stereocenters. The van der Waals surface area contributed by atoms with Gasteiger partial charge >= 0.3 is 0 Å². The van der Waals surface area contributed by atoms with E-state index in [1.807, 2.05) is 20.8 Å². The molecular formula is C21H29N3O6. The second kappa shape index (κ2) is 10.9. The van der Waals surface area contributed by atoms with Gasteiger partial charge in [0.2, 0.25) is 12.3 Å². The molecule has 0 bridgehead atoms. The summed E-state index contributed by atoms with van der Waals surface area (Å²) in [6.07, 6.45) is 1.00. The van der Waals surface area contributed by atoms with Crippen LogP contribution in [0.2, 0.25) is 0 Å². The molecule has 0 radical (unpaired) electrons. The zero-order valence-electron chi connectivity index (χ0n) is 17.9. The number of rotatable bonds is 11. The lowest BCUT2D eigenvalue weighted by Gasteiger charge is -2.30. The summed E-state index contributed by atoms with van der Waals surface area (Å²) in [6.45, 7) is 7.02. The molecule has 1 aliphatic rings. The molecule has 0 saturated carbocycles. The summed E-state index contributed by atoms with van der Waals surface area (Å²) in [7, 11) is 1.58. The van der Waals surface area contributed by atoms with Crippen molar-refractivity contribution in [3.63, 3.8) is 0 Å². The van der Waals surface area contributed by atoms with E-state index in [-0.39, 0.29) is 19.2 Å². The minimum Gasteiger partial charge on any atom is -0.467 e. The van der Waals surface area contributed by atoms with Gasteiger partial charge in [0.25, 0.3) is 0 Å². The number of amides is 2. The van der Waals surface area contributed by atoms with E-state index < -0.39 is 11.6 Å². The summed E-state index contributed by atoms with van der Waals surface area (Å²) in [5, 5.41) is 10.3. The molecule has 1 aliphatic heterocycles. The van der Waals surface area contributed by atoms with Crippen molar-refractivity contribution in [3.05, 3.63) is 29.3 Å². The summed E-state index contributed by atoms with van der Waals surface area (Å²) in [4.78, 5) is 31.6. The number of hydroxylamine groups is 2. The first-order valence-electron chi connectivity index (χ1n) is 9.73. The fourth-order valence-corrected chi connectivity index (χ4v) is 3.02. The lowest BCUT2D eigenvalue weighted by atomic mass is 10.1. The van der Waals surface area contributed by atoms with Crippen molar-refractivity contribution in [3.8, 4) is 11.8 Å². The number of hydrogen-bond donors (Lipinski definition) is 0. The van der Waals surface area contributed by atoms with Crippen molar-refractivity contribution in [1.82, 2.24) is 9.96 Å². The highest BCUT2D eigenvalue weighted by molar-refractivity contribution is 5.85. The van der Waals surface area contributed by atoms with Gasteiger partial charge in [-0.3, -0.25) is 14.4 Å². The maximum atomic E-state index is 12.9. The van der Waals surface area contributed by atoms with Gasteiger partial charge in [0, 0.05) is 25.8 Å². The number of nitriles is 1. The first-order chi connectivity index (χ1) is 14.3. The molecule has 2 amide bonds. The minimum absolute atomic E-state index is 0.0250. The number of hydrogen-bond acceptors (Lipinski definition) is 7. The molecule has 30 heavy (non-hydrogen) atoms. The first kappa shape index (κ1) is 23.6. The fourth-order valence-electron chi connectivity index (χ4n) is 3.02. The Hall–Kier alpha value is -2.67. The maximum Gasteiger partial charge on any atom is 0.248 e. The predicted molar refractivity (Wildman–Crippen MR) is 107 cm³/mol. The monoisotopic (exact) mass is 419 g/mol. The Morgan fingerprint density at radius 3 is 2.73 bits per heavy atom. The fraction of sp³-hybridized carbons (Fsp3) is 0.571. The topological polar surface area (TPSA) is 101 Å². The van der Waals surface area contributed by atoms with E-state index in [4.69, 9.17) is 19.0 Å². The van der Waals surface area contributed by atoms with Crippen LogP contribution in [0.5, 0.6) is 5.75 Å². The lowest BCUT2D eigenvalue weighted by molar-refractivity contribution is -0.230. The third kappa shape index (κ3) is 6.69. The van der Waals surface area contributed by atoms with Crippen molar-refractivity contribution < 1.29 is 28.6 Å². The number of nitrogens with zero attached hydrogens (tertiary/aromatic N) is 3. The smallest absolute Gasteiger partial charge is 0.248 e. The average molecular weight is 419 g/mol. The summed E-state index contributed by atoms with van der Waals surface area (Å²) in [6, 6.07) is 6.44. The number of methoxy groups -OCH3 is 1. The van der Waals surface area contributed by atoms with Gasteiger partial charge in [0.15, 0.2) is 6.79 Å². The standard InChI is InChI=1S/C21H29N3O6/c1-21(2,3)30-24(14-25)18-7-8-23(20(18)26)13-17-11-16(12-22)5-6-19(17)29-15-28-10-9-27-4/h5-6,11,14,18H,7-10,13,15H2,1-4H3/t18-/m0/s1. The Morgan fingerprint density at radius 2 is 2.10 bits per heavy atom. The van der Waals surface area contributed by atoms with Crippen molar-refractivity contribution >= 4 is 12.3 Å². The minimum atomic E-state index is -0.678. The highest BCUT2D eigenvalue weighted by Gasteiger charge is 2.38. The molecule has 1 fully saturated rings. The lowest BCUT2D eigenvalue weighted by Crippen LogP contribution is -2.44. The zero-order valence-corrected chi connectivity index (χ0v) is 17.9. The second-order valence-corrected chi connectivity index (χ2v) is 7.83. The molecule has 9 nitrogen and oxygen atoms in total. The number of carbonyl (C=O) groups excluding carboxylic acids is 2. The summed E-state index contributed by atoms with van der Waals surface area (Å²) < 4.78 is 15.9. The maximum absolute atomic E-state index is 12.9. The third-order valence-electron chi connectivity index (χ3n) is 4.34. The number of ether oxygens (including phenoxy) is 3. The molecule has 0 N–H and O–H groups in total. The van der Waals surface area contributed by atoms with Gasteiger partial charge in [0.1, 0.15) is 11.8 Å². The van der Waals surface area contributed by atoms with Crippen LogP contribution >= 0.6 is 0 Å². The van der Waals surface area contributed by atoms with E-state index in [0.717, 1.165) is 5.06 Å². The van der Waals surface area contributed by atoms with Gasteiger partial charge in [-0.25, -0.2) is 5.06 Å². The van der Waals surface area contributed by atoms with Gasteiger partial charge in [0.05, 0.1) is 30.4 Å². The number of carbonyl (C=O) groups is 2. The molecule has 0 aromatic heterocycles. The Labute approximate surface area is 177 Å². The highest BCUT2D eigenvalue weighted by Crippen LogP contribution is 2.26. The average Bonchev–Trinajstić information content (AvgIpc) is 3.06. The molecule has 164 valence electrons. The first-order valence-corrected chi connectivity index (χ1v) is 9.73. The molecule has 1 atom stereocenters. The van der Waals surface area contributed by atoms with Gasteiger partial charge < -0.3 is 19.1 Å². The second-order valence-electron chi connectivity index (χ2n) is 7.83. The van der Waals surface area contributed by atoms with Crippen LogP contribution in [-0.2, 0) is 30.4 Å². The predicted octanol–water partition coefficient (Wildman–Crippen LogP) is 1.85. The summed E-state index contributed by atoms with van der Waals surface area (Å²) in [5.41, 5.74) is 0.554. The van der Waals surface area contributed by atoms with Crippen LogP contribution in [0.1, 0.15) is 38.3 Å². The normalized spacial score (nSPS) is 16.4. The molecule has 1 aromatic rings. The molecule has 0 spiro atoms. The van der Waals surface area contributed by atoms with Crippen molar-refractivity contribution in [2.45, 2.75) is 45.4 Å². The van der Waals surface area contributed by atoms with E-state index in [1.165, 1.54) is 0 Å². The van der Waals surface area contributed by atoms with Crippen LogP contribution in [0.3, 0.4) is 0 Å². The SMILES string of the molecule is COCCOCOc1ccc(C#N)cc1CN1CC[C@H](N(C=O)OC(C)(C)C)C1=O. The van der Waals surface area contributed by atoms with Crippen LogP contribution in [0, 0.1) is 11.3 Å². The Kier molecular flexibility index (Phi) is 8.59. The quantitative estimate of drug-likeness (QED) is 0.233. The van der Waals surface area contributed by atoms with E-state index in [1.54, 1.807) is 30.2 Å². The van der Waals surface area contributed by atoms with Gasteiger partial charge in [-0.05, 0) is 45.4 Å². The summed E-state index contributed by atoms with van der Waals surface area (Å²) >= 11 is 0. The summed E-state index contributed by atoms with van der Waals surface area (Å²) in [5.74, 6) is 0.317. The number of benzene rings is 1. The Balaban J connectivity index is 2.08. The molecular weight excluding hydrogens is 390 g/mol. The van der Waals surface area contributed by atoms with E-state index in [9.17, 15) is 14.9 Å². The van der Waals surface area contributed by atoms with E-state index >= 15 is 0 Å². The molecule has 1 aromatic carbocycles. The molecule has 1 heterocycles. The van der Waals surface area contributed by atoms with Crippen molar-refractivity contribution in [2.24, 2.45) is 0 Å². The Bertz CT molecular complexity index is 771. The van der Waals surface area contributed by atoms with E-state index in [0.29, 0.717) is 49.5 Å². The number of likely N-dealkylation sites (tertiary alicyclic amines) is 1. The molecule has 9 heteroatoms. The highest BCUT2D eigenvalue weighted by atomic mass is 16.7. The van der Waals surface area contributed by atoms with E-state index in [2.05, 4.69) is 6.07 Å².